The van der Waals surface area contributed by atoms with Crippen LogP contribution in [0.1, 0.15) is 12.5 Å². The predicted molar refractivity (Wildman–Crippen MR) is 59.4 cm³/mol. The van der Waals surface area contributed by atoms with Crippen LogP contribution in [0.15, 0.2) is 60.7 Å². The third kappa shape index (κ3) is 3.57. The van der Waals surface area contributed by atoms with Crippen LogP contribution in [0.25, 0.3) is 6.08 Å². The van der Waals surface area contributed by atoms with Crippen LogP contribution in [0.3, 0.4) is 0 Å². The molecule has 0 saturated carbocycles. The van der Waals surface area contributed by atoms with Crippen molar-refractivity contribution in [3.8, 4) is 0 Å². The van der Waals surface area contributed by atoms with Crippen LogP contribution >= 0.6 is 0 Å². The minimum Gasteiger partial charge on any atom is -0.0991 e. The van der Waals surface area contributed by atoms with E-state index in [1.54, 1.807) is 6.08 Å². The molecular formula is C13H14. The van der Waals surface area contributed by atoms with Crippen molar-refractivity contribution in [3.05, 3.63) is 66.3 Å². The van der Waals surface area contributed by atoms with Crippen molar-refractivity contribution < 1.29 is 0 Å². The Kier molecular flexibility index (Phi) is 3.77. The van der Waals surface area contributed by atoms with Gasteiger partial charge in [-0.25, -0.2) is 0 Å². The van der Waals surface area contributed by atoms with E-state index in [0.717, 1.165) is 0 Å². The Balaban J connectivity index is 2.69. The zero-order valence-corrected chi connectivity index (χ0v) is 7.90. The fraction of sp³-hybridized carbons (Fsp3) is 0.0769. The van der Waals surface area contributed by atoms with Crippen molar-refractivity contribution in [2.45, 2.75) is 6.92 Å². The average Bonchev–Trinajstić information content (AvgIpc) is 2.17. The van der Waals surface area contributed by atoms with E-state index in [1.807, 2.05) is 24.3 Å². The summed E-state index contributed by atoms with van der Waals surface area (Å²) in [6.07, 6.45) is 7.95. The quantitative estimate of drug-likeness (QED) is 0.605. The molecule has 0 fully saturated rings. The lowest BCUT2D eigenvalue weighted by Gasteiger charge is -1.91. The molecule has 1 aromatic carbocycles. The second-order valence-corrected chi connectivity index (χ2v) is 2.89. The smallest absolute Gasteiger partial charge is 0.0257 e. The monoisotopic (exact) mass is 170 g/mol. The Morgan fingerprint density at radius 3 is 2.54 bits per heavy atom. The first-order valence-corrected chi connectivity index (χ1v) is 4.35. The van der Waals surface area contributed by atoms with Gasteiger partial charge >= 0.3 is 0 Å². The Morgan fingerprint density at radius 2 is 1.92 bits per heavy atom. The largest absolute Gasteiger partial charge is 0.0991 e. The molecule has 0 heteroatoms. The maximum absolute atomic E-state index is 3.65. The highest BCUT2D eigenvalue weighted by molar-refractivity contribution is 5.52. The van der Waals surface area contributed by atoms with Gasteiger partial charge in [-0.1, -0.05) is 66.8 Å². The Bertz CT molecular complexity index is 315. The second-order valence-electron chi connectivity index (χ2n) is 2.89. The van der Waals surface area contributed by atoms with Gasteiger partial charge in [0, 0.05) is 0 Å². The molecular weight excluding hydrogens is 156 g/mol. The highest BCUT2D eigenvalue weighted by Gasteiger charge is 1.82. The van der Waals surface area contributed by atoms with E-state index in [-0.39, 0.29) is 0 Å². The molecule has 0 nitrogen and oxygen atoms in total. The molecule has 1 aromatic rings. The normalized spacial score (nSPS) is 11.9. The number of hydrogen-bond donors (Lipinski definition) is 0. The summed E-state index contributed by atoms with van der Waals surface area (Å²) in [6, 6.07) is 10.2. The first kappa shape index (κ1) is 9.53. The zero-order chi connectivity index (χ0) is 9.52. The first-order valence-electron chi connectivity index (χ1n) is 4.35. The van der Waals surface area contributed by atoms with Crippen molar-refractivity contribution in [1.82, 2.24) is 0 Å². The summed E-state index contributed by atoms with van der Waals surface area (Å²) >= 11 is 0. The summed E-state index contributed by atoms with van der Waals surface area (Å²) in [5, 5.41) is 0. The fourth-order valence-electron chi connectivity index (χ4n) is 1.03. The first-order chi connectivity index (χ1) is 6.33. The molecule has 0 unspecified atom stereocenters. The minimum atomic E-state index is 1.21. The summed E-state index contributed by atoms with van der Waals surface area (Å²) in [5.74, 6) is 0. The topological polar surface area (TPSA) is 0 Å². The molecule has 0 spiro atoms. The zero-order valence-electron chi connectivity index (χ0n) is 7.90. The standard InChI is InChI=1S/C13H14/c1-3-7-12(2)10-11-13-8-5-4-6-9-13/h3-11H,1H2,2H3. The molecule has 1 rings (SSSR count). The van der Waals surface area contributed by atoms with Crippen LogP contribution < -0.4 is 0 Å². The molecule has 0 N–H and O–H groups in total. The van der Waals surface area contributed by atoms with Gasteiger partial charge in [-0.05, 0) is 12.5 Å². The maximum Gasteiger partial charge on any atom is -0.0257 e. The number of allylic oxidation sites excluding steroid dienone is 4. The van der Waals surface area contributed by atoms with Gasteiger partial charge in [0.1, 0.15) is 0 Å². The van der Waals surface area contributed by atoms with Crippen LogP contribution in [0.5, 0.6) is 0 Å². The maximum atomic E-state index is 3.65. The SMILES string of the molecule is C=CC=C(C)C=Cc1ccccc1. The van der Waals surface area contributed by atoms with Crippen molar-refractivity contribution in [3.63, 3.8) is 0 Å². The highest BCUT2D eigenvalue weighted by Crippen LogP contribution is 2.04. The Labute approximate surface area is 79.9 Å². The van der Waals surface area contributed by atoms with Gasteiger partial charge in [0.15, 0.2) is 0 Å². The lowest BCUT2D eigenvalue weighted by molar-refractivity contribution is 1.53. The lowest BCUT2D eigenvalue weighted by atomic mass is 10.1. The molecule has 0 heterocycles. The summed E-state index contributed by atoms with van der Waals surface area (Å²) in [7, 11) is 0. The fourth-order valence-corrected chi connectivity index (χ4v) is 1.03. The number of benzene rings is 1. The molecule has 0 radical (unpaired) electrons. The van der Waals surface area contributed by atoms with E-state index in [4.69, 9.17) is 0 Å². The molecule has 66 valence electrons. The summed E-state index contributed by atoms with van der Waals surface area (Å²) in [4.78, 5) is 0. The molecule has 0 amide bonds. The molecule has 0 aliphatic carbocycles. The van der Waals surface area contributed by atoms with Crippen LogP contribution in [0.2, 0.25) is 0 Å². The van der Waals surface area contributed by atoms with Crippen molar-refractivity contribution in [1.29, 1.82) is 0 Å². The van der Waals surface area contributed by atoms with E-state index in [1.165, 1.54) is 11.1 Å². The van der Waals surface area contributed by atoms with Crippen molar-refractivity contribution in [2.75, 3.05) is 0 Å². The van der Waals surface area contributed by atoms with Gasteiger partial charge in [0.25, 0.3) is 0 Å². The Morgan fingerprint density at radius 1 is 1.23 bits per heavy atom. The van der Waals surface area contributed by atoms with Crippen molar-refractivity contribution in [2.24, 2.45) is 0 Å². The Hall–Kier alpha value is -1.56. The third-order valence-electron chi connectivity index (χ3n) is 1.72. The molecule has 0 bridgehead atoms. The van der Waals surface area contributed by atoms with Gasteiger partial charge in [0.05, 0.1) is 0 Å². The van der Waals surface area contributed by atoms with Crippen LogP contribution in [-0.2, 0) is 0 Å². The van der Waals surface area contributed by atoms with Gasteiger partial charge in [-0.2, -0.15) is 0 Å². The van der Waals surface area contributed by atoms with E-state index in [9.17, 15) is 0 Å². The molecule has 0 aliphatic heterocycles. The minimum absolute atomic E-state index is 1.21. The van der Waals surface area contributed by atoms with Crippen molar-refractivity contribution >= 4 is 6.08 Å². The molecule has 0 aromatic heterocycles. The predicted octanol–water partition coefficient (Wildman–Crippen LogP) is 3.83. The molecule has 0 aliphatic rings. The number of rotatable bonds is 3. The molecule has 0 saturated heterocycles. The second kappa shape index (κ2) is 5.15. The van der Waals surface area contributed by atoms with E-state index in [2.05, 4.69) is 37.8 Å². The van der Waals surface area contributed by atoms with Gasteiger partial charge in [-0.3, -0.25) is 0 Å². The van der Waals surface area contributed by atoms with Gasteiger partial charge < -0.3 is 0 Å². The lowest BCUT2D eigenvalue weighted by Crippen LogP contribution is -1.70. The van der Waals surface area contributed by atoms with Crippen LogP contribution in [-0.4, -0.2) is 0 Å². The van der Waals surface area contributed by atoms with Crippen LogP contribution in [0.4, 0.5) is 0 Å². The highest BCUT2D eigenvalue weighted by atomic mass is 13.9. The average molecular weight is 170 g/mol. The van der Waals surface area contributed by atoms with E-state index >= 15 is 0 Å². The molecule has 0 atom stereocenters. The number of hydrogen-bond acceptors (Lipinski definition) is 0. The summed E-state index contributed by atoms with van der Waals surface area (Å²) in [5.41, 5.74) is 2.43. The van der Waals surface area contributed by atoms with E-state index < -0.39 is 0 Å². The molecule has 13 heavy (non-hydrogen) atoms. The summed E-state index contributed by atoms with van der Waals surface area (Å²) < 4.78 is 0. The third-order valence-corrected chi connectivity index (χ3v) is 1.72. The van der Waals surface area contributed by atoms with Crippen LogP contribution in [0, 0.1) is 0 Å². The van der Waals surface area contributed by atoms with Gasteiger partial charge in [-0.15, -0.1) is 0 Å². The van der Waals surface area contributed by atoms with Gasteiger partial charge in [0.2, 0.25) is 0 Å². The summed E-state index contributed by atoms with van der Waals surface area (Å²) in [6.45, 7) is 5.70. The van der Waals surface area contributed by atoms with E-state index in [0.29, 0.717) is 0 Å².